The van der Waals surface area contributed by atoms with Crippen LogP contribution < -0.4 is 10.6 Å². The first-order valence-corrected chi connectivity index (χ1v) is 10.7. The molecular weight excluding hydrogens is 472 g/mol. The molecule has 0 radical (unpaired) electrons. The number of thiazole rings is 2. The van der Waals surface area contributed by atoms with E-state index in [1.807, 2.05) is 0 Å². The van der Waals surface area contributed by atoms with Gasteiger partial charge < -0.3 is 15.7 Å². The highest BCUT2D eigenvalue weighted by atomic mass is 32.1. The molecule has 3 aromatic rings. The van der Waals surface area contributed by atoms with Crippen molar-refractivity contribution in [3.63, 3.8) is 0 Å². The average molecular weight is 488 g/mol. The van der Waals surface area contributed by atoms with Gasteiger partial charge in [0, 0.05) is 34.6 Å². The van der Waals surface area contributed by atoms with Crippen LogP contribution in [0.5, 0.6) is 0 Å². The lowest BCUT2D eigenvalue weighted by Crippen LogP contribution is -2.45. The molecule has 0 bridgehead atoms. The molecule has 0 aliphatic carbocycles. The zero-order valence-corrected chi connectivity index (χ0v) is 18.2. The van der Waals surface area contributed by atoms with Crippen molar-refractivity contribution < 1.29 is 32.3 Å². The van der Waals surface area contributed by atoms with Gasteiger partial charge in [-0.2, -0.15) is 13.2 Å². The van der Waals surface area contributed by atoms with Gasteiger partial charge in [-0.25, -0.2) is 14.4 Å². The molecule has 2 amide bonds. The Morgan fingerprint density at radius 3 is 2.41 bits per heavy atom. The third-order valence-electron chi connectivity index (χ3n) is 4.17. The van der Waals surface area contributed by atoms with Crippen LogP contribution in [-0.2, 0) is 15.2 Å². The number of nitrogens with zero attached hydrogens (tertiary/aromatic N) is 2. The third kappa shape index (κ3) is 5.11. The summed E-state index contributed by atoms with van der Waals surface area (Å²) in [5, 5.41) is 16.9. The van der Waals surface area contributed by atoms with Crippen LogP contribution in [0.25, 0.3) is 11.3 Å². The Labute approximate surface area is 187 Å². The molecular formula is C19H16F4N4O3S2. The van der Waals surface area contributed by atoms with Crippen LogP contribution in [-0.4, -0.2) is 33.1 Å². The number of carbonyl (C=O) groups is 2. The lowest BCUT2D eigenvalue weighted by atomic mass is 9.99. The summed E-state index contributed by atoms with van der Waals surface area (Å²) in [5.74, 6) is -2.20. The van der Waals surface area contributed by atoms with E-state index in [0.717, 1.165) is 17.4 Å². The highest BCUT2D eigenvalue weighted by Gasteiger charge is 2.58. The number of aromatic nitrogens is 2. The number of aryl methyl sites for hydroxylation is 1. The van der Waals surface area contributed by atoms with Crippen LogP contribution in [0.15, 0.2) is 29.0 Å². The fourth-order valence-electron chi connectivity index (χ4n) is 2.70. The maximum Gasteiger partial charge on any atom is 0.424 e. The van der Waals surface area contributed by atoms with E-state index in [9.17, 15) is 32.3 Å². The maximum absolute atomic E-state index is 14.4. The van der Waals surface area contributed by atoms with E-state index in [2.05, 4.69) is 20.6 Å². The molecule has 0 fully saturated rings. The van der Waals surface area contributed by atoms with Crippen molar-refractivity contribution in [3.8, 4) is 11.3 Å². The topological polar surface area (TPSA) is 104 Å². The number of halogens is 4. The summed E-state index contributed by atoms with van der Waals surface area (Å²) < 4.78 is 55.0. The third-order valence-corrected chi connectivity index (χ3v) is 6.04. The predicted octanol–water partition coefficient (Wildman–Crippen LogP) is 4.45. The molecule has 1 atom stereocenters. The second kappa shape index (κ2) is 8.92. The van der Waals surface area contributed by atoms with Gasteiger partial charge in [0.1, 0.15) is 10.8 Å². The number of carbonyl (C=O) groups excluding carboxylic acids is 2. The van der Waals surface area contributed by atoms with Crippen LogP contribution in [0.2, 0.25) is 0 Å². The first-order valence-electron chi connectivity index (χ1n) is 8.93. The molecule has 32 heavy (non-hydrogen) atoms. The Morgan fingerprint density at radius 2 is 1.84 bits per heavy atom. The normalized spacial score (nSPS) is 13.5. The minimum atomic E-state index is -5.14. The molecule has 0 aliphatic rings. The summed E-state index contributed by atoms with van der Waals surface area (Å²) in [4.78, 5) is 31.0. The lowest BCUT2D eigenvalue weighted by molar-refractivity contribution is -0.266. The van der Waals surface area contributed by atoms with Gasteiger partial charge in [-0.15, -0.1) is 22.7 Å². The molecule has 0 spiro atoms. The number of benzene rings is 1. The van der Waals surface area contributed by atoms with Crippen LogP contribution >= 0.6 is 22.7 Å². The van der Waals surface area contributed by atoms with Crippen LogP contribution in [0, 0.1) is 12.7 Å². The molecule has 1 unspecified atom stereocenters. The van der Waals surface area contributed by atoms with Gasteiger partial charge in [0.2, 0.25) is 17.4 Å². The van der Waals surface area contributed by atoms with E-state index in [-0.39, 0.29) is 33.7 Å². The van der Waals surface area contributed by atoms with Crippen molar-refractivity contribution in [2.24, 2.45) is 0 Å². The molecule has 3 rings (SSSR count). The molecule has 13 heteroatoms. The van der Waals surface area contributed by atoms with Gasteiger partial charge in [0.15, 0.2) is 5.13 Å². The highest BCUT2D eigenvalue weighted by Crippen LogP contribution is 2.43. The summed E-state index contributed by atoms with van der Waals surface area (Å²) in [7, 11) is 0. The Bertz CT molecular complexity index is 1160. The van der Waals surface area contributed by atoms with Gasteiger partial charge in [0.25, 0.3) is 0 Å². The Morgan fingerprint density at radius 1 is 1.12 bits per heavy atom. The van der Waals surface area contributed by atoms with Gasteiger partial charge >= 0.3 is 6.18 Å². The number of anilines is 2. The van der Waals surface area contributed by atoms with E-state index in [1.165, 1.54) is 36.7 Å². The molecule has 3 N–H and O–H groups in total. The molecule has 1 aromatic carbocycles. The molecule has 2 aromatic heterocycles. The predicted molar refractivity (Wildman–Crippen MR) is 112 cm³/mol. The zero-order chi connectivity index (χ0) is 23.7. The number of nitrogens with one attached hydrogen (secondary N) is 2. The molecule has 2 heterocycles. The molecule has 0 saturated heterocycles. The first kappa shape index (κ1) is 23.8. The zero-order valence-electron chi connectivity index (χ0n) is 16.6. The molecule has 0 saturated carbocycles. The SMILES string of the molecule is CC(=O)Nc1ccc(-c2csc(NC(=O)CC(O)(c3nc(C)cs3)C(F)(F)F)n2)c(F)c1. The van der Waals surface area contributed by atoms with E-state index < -0.39 is 34.9 Å². The number of aliphatic hydroxyl groups is 1. The minimum Gasteiger partial charge on any atom is -0.374 e. The van der Waals surface area contributed by atoms with E-state index in [4.69, 9.17) is 0 Å². The maximum atomic E-state index is 14.4. The lowest BCUT2D eigenvalue weighted by Gasteiger charge is -2.27. The number of amides is 2. The van der Waals surface area contributed by atoms with E-state index in [1.54, 1.807) is 0 Å². The van der Waals surface area contributed by atoms with Crippen LogP contribution in [0.1, 0.15) is 24.0 Å². The van der Waals surface area contributed by atoms with Crippen molar-refractivity contribution in [2.45, 2.75) is 32.0 Å². The van der Waals surface area contributed by atoms with E-state index in [0.29, 0.717) is 11.3 Å². The standard InChI is InChI=1S/C19H16F4N4O3S2/c1-9-7-31-16(24-9)18(30,19(21,22)23)6-15(29)27-17-26-14(8-32-17)12-4-3-11(5-13(12)20)25-10(2)28/h3-5,7-8,30H,6H2,1-2H3,(H,25,28)(H,26,27,29). The summed E-state index contributed by atoms with van der Waals surface area (Å²) in [5.41, 5.74) is -2.72. The Kier molecular flexibility index (Phi) is 6.62. The smallest absolute Gasteiger partial charge is 0.374 e. The molecule has 170 valence electrons. The van der Waals surface area contributed by atoms with Crippen molar-refractivity contribution in [2.75, 3.05) is 10.6 Å². The van der Waals surface area contributed by atoms with Crippen molar-refractivity contribution in [3.05, 3.63) is 45.5 Å². The Hall–Kier alpha value is -2.90. The van der Waals surface area contributed by atoms with Crippen molar-refractivity contribution in [1.29, 1.82) is 0 Å². The number of hydrogen-bond donors (Lipinski definition) is 3. The number of hydrogen-bond acceptors (Lipinski definition) is 7. The first-order chi connectivity index (χ1) is 14.9. The molecule has 0 aliphatic heterocycles. The fourth-order valence-corrected chi connectivity index (χ4v) is 4.34. The molecule has 7 nitrogen and oxygen atoms in total. The van der Waals surface area contributed by atoms with Gasteiger partial charge in [-0.1, -0.05) is 0 Å². The second-order valence-electron chi connectivity index (χ2n) is 6.79. The summed E-state index contributed by atoms with van der Waals surface area (Å²) in [6.45, 7) is 2.74. The van der Waals surface area contributed by atoms with Crippen LogP contribution in [0.3, 0.4) is 0 Å². The van der Waals surface area contributed by atoms with Gasteiger partial charge in [0.05, 0.1) is 12.1 Å². The fraction of sp³-hybridized carbons (Fsp3) is 0.263. The largest absolute Gasteiger partial charge is 0.424 e. The van der Waals surface area contributed by atoms with Gasteiger partial charge in [-0.3, -0.25) is 9.59 Å². The summed E-state index contributed by atoms with van der Waals surface area (Å²) >= 11 is 1.47. The number of rotatable bonds is 6. The summed E-state index contributed by atoms with van der Waals surface area (Å²) in [6, 6.07) is 3.92. The average Bonchev–Trinajstić information content (AvgIpc) is 3.29. The summed E-state index contributed by atoms with van der Waals surface area (Å²) in [6.07, 6.45) is -6.46. The number of alkyl halides is 3. The minimum absolute atomic E-state index is 0.0703. The van der Waals surface area contributed by atoms with E-state index >= 15 is 0 Å². The highest BCUT2D eigenvalue weighted by molar-refractivity contribution is 7.14. The van der Waals surface area contributed by atoms with Crippen LogP contribution in [0.4, 0.5) is 28.4 Å². The van der Waals surface area contributed by atoms with Gasteiger partial charge in [-0.05, 0) is 25.1 Å². The second-order valence-corrected chi connectivity index (χ2v) is 8.51. The Balaban J connectivity index is 1.76. The quantitative estimate of drug-likeness (QED) is 0.445. The van der Waals surface area contributed by atoms with Crippen molar-refractivity contribution in [1.82, 2.24) is 9.97 Å². The van der Waals surface area contributed by atoms with Crippen molar-refractivity contribution >= 4 is 45.3 Å². The monoisotopic (exact) mass is 488 g/mol.